The summed E-state index contributed by atoms with van der Waals surface area (Å²) in [6.07, 6.45) is 7.18. The number of aromatic nitrogens is 2. The summed E-state index contributed by atoms with van der Waals surface area (Å²) < 4.78 is 15.3. The smallest absolute Gasteiger partial charge is 0.126 e. The predicted molar refractivity (Wildman–Crippen MR) is 78.2 cm³/mol. The Labute approximate surface area is 118 Å². The number of aryl methyl sites for hydroxylation is 1. The van der Waals surface area contributed by atoms with Gasteiger partial charge in [-0.25, -0.2) is 4.39 Å². The molecule has 3 rings (SSSR count). The first-order valence-corrected chi connectivity index (χ1v) is 7.26. The Bertz CT molecular complexity index is 585. The number of benzene rings is 1. The van der Waals surface area contributed by atoms with Gasteiger partial charge in [-0.05, 0) is 49.6 Å². The van der Waals surface area contributed by atoms with E-state index in [1.54, 1.807) is 13.0 Å². The monoisotopic (exact) mass is 273 g/mol. The van der Waals surface area contributed by atoms with Gasteiger partial charge in [-0.15, -0.1) is 0 Å². The van der Waals surface area contributed by atoms with Crippen LogP contribution in [0, 0.1) is 12.7 Å². The van der Waals surface area contributed by atoms with Crippen LogP contribution in [-0.4, -0.2) is 9.78 Å². The summed E-state index contributed by atoms with van der Waals surface area (Å²) >= 11 is 0. The summed E-state index contributed by atoms with van der Waals surface area (Å²) in [5, 5.41) is 7.92. The third-order valence-electron chi connectivity index (χ3n) is 3.99. The molecule has 1 N–H and O–H groups in total. The van der Waals surface area contributed by atoms with Crippen LogP contribution in [0.15, 0.2) is 30.5 Å². The topological polar surface area (TPSA) is 29.9 Å². The SMILES string of the molecule is Cc1cc(NCc2ccn(C3CCCC3)n2)ccc1F. The average Bonchev–Trinajstić information content (AvgIpc) is 3.09. The fourth-order valence-corrected chi connectivity index (χ4v) is 2.79. The zero-order chi connectivity index (χ0) is 13.9. The maximum atomic E-state index is 13.2. The normalized spacial score (nSPS) is 15.7. The fraction of sp³-hybridized carbons (Fsp3) is 0.438. The van der Waals surface area contributed by atoms with Crippen LogP contribution in [0.2, 0.25) is 0 Å². The molecular weight excluding hydrogens is 253 g/mol. The van der Waals surface area contributed by atoms with Crippen molar-refractivity contribution >= 4 is 5.69 Å². The van der Waals surface area contributed by atoms with E-state index in [4.69, 9.17) is 0 Å². The first kappa shape index (κ1) is 13.2. The molecule has 1 aromatic heterocycles. The van der Waals surface area contributed by atoms with Gasteiger partial charge < -0.3 is 5.32 Å². The highest BCUT2D eigenvalue weighted by Crippen LogP contribution is 2.28. The lowest BCUT2D eigenvalue weighted by Gasteiger charge is -2.09. The quantitative estimate of drug-likeness (QED) is 0.910. The van der Waals surface area contributed by atoms with Crippen molar-refractivity contribution in [3.05, 3.63) is 47.5 Å². The number of rotatable bonds is 4. The maximum Gasteiger partial charge on any atom is 0.126 e. The third-order valence-corrected chi connectivity index (χ3v) is 3.99. The fourth-order valence-electron chi connectivity index (χ4n) is 2.79. The Hall–Kier alpha value is -1.84. The lowest BCUT2D eigenvalue weighted by molar-refractivity contribution is 0.463. The van der Waals surface area contributed by atoms with Gasteiger partial charge in [0.05, 0.1) is 18.3 Å². The molecule has 1 saturated carbocycles. The Morgan fingerprint density at radius 2 is 2.10 bits per heavy atom. The molecular formula is C16H20FN3. The molecule has 3 nitrogen and oxygen atoms in total. The summed E-state index contributed by atoms with van der Waals surface area (Å²) in [6.45, 7) is 2.44. The van der Waals surface area contributed by atoms with Crippen LogP contribution in [0.4, 0.5) is 10.1 Å². The zero-order valence-electron chi connectivity index (χ0n) is 11.8. The maximum absolute atomic E-state index is 13.2. The van der Waals surface area contributed by atoms with E-state index >= 15 is 0 Å². The van der Waals surface area contributed by atoms with Crippen LogP contribution >= 0.6 is 0 Å². The Morgan fingerprint density at radius 1 is 1.30 bits per heavy atom. The Balaban J connectivity index is 1.61. The van der Waals surface area contributed by atoms with Gasteiger partial charge in [-0.2, -0.15) is 5.10 Å². The van der Waals surface area contributed by atoms with Crippen molar-refractivity contribution in [2.24, 2.45) is 0 Å². The average molecular weight is 273 g/mol. The van der Waals surface area contributed by atoms with Gasteiger partial charge in [0.15, 0.2) is 0 Å². The molecule has 0 atom stereocenters. The van der Waals surface area contributed by atoms with E-state index in [1.165, 1.54) is 31.7 Å². The van der Waals surface area contributed by atoms with Crippen molar-refractivity contribution in [2.75, 3.05) is 5.32 Å². The molecule has 1 aliphatic carbocycles. The Kier molecular flexibility index (Phi) is 3.72. The lowest BCUT2D eigenvalue weighted by Crippen LogP contribution is -2.07. The summed E-state index contributed by atoms with van der Waals surface area (Å²) in [7, 11) is 0. The Morgan fingerprint density at radius 3 is 2.85 bits per heavy atom. The van der Waals surface area contributed by atoms with Gasteiger partial charge in [0, 0.05) is 11.9 Å². The van der Waals surface area contributed by atoms with Gasteiger partial charge in [0.1, 0.15) is 5.82 Å². The molecule has 0 bridgehead atoms. The molecule has 0 spiro atoms. The number of nitrogens with zero attached hydrogens (tertiary/aromatic N) is 2. The van der Waals surface area contributed by atoms with Crippen molar-refractivity contribution in [1.82, 2.24) is 9.78 Å². The molecule has 106 valence electrons. The first-order chi connectivity index (χ1) is 9.72. The van der Waals surface area contributed by atoms with Crippen LogP contribution in [0.25, 0.3) is 0 Å². The molecule has 2 aromatic rings. The molecule has 0 saturated heterocycles. The van der Waals surface area contributed by atoms with Crippen LogP contribution in [0.1, 0.15) is 43.0 Å². The van der Waals surface area contributed by atoms with Crippen LogP contribution < -0.4 is 5.32 Å². The number of anilines is 1. The molecule has 0 radical (unpaired) electrons. The predicted octanol–water partition coefficient (Wildman–Crippen LogP) is 4.06. The van der Waals surface area contributed by atoms with Crippen molar-refractivity contribution in [3.8, 4) is 0 Å². The van der Waals surface area contributed by atoms with E-state index < -0.39 is 0 Å². The number of nitrogens with one attached hydrogen (secondary N) is 1. The van der Waals surface area contributed by atoms with E-state index in [2.05, 4.69) is 27.4 Å². The number of hydrogen-bond acceptors (Lipinski definition) is 2. The molecule has 0 aliphatic heterocycles. The minimum atomic E-state index is -0.166. The minimum Gasteiger partial charge on any atom is -0.379 e. The summed E-state index contributed by atoms with van der Waals surface area (Å²) in [5.41, 5.74) is 2.62. The van der Waals surface area contributed by atoms with E-state index in [1.807, 2.05) is 6.07 Å². The molecule has 1 fully saturated rings. The highest BCUT2D eigenvalue weighted by Gasteiger charge is 2.17. The van der Waals surface area contributed by atoms with Gasteiger partial charge in [0.2, 0.25) is 0 Å². The molecule has 0 amide bonds. The van der Waals surface area contributed by atoms with Gasteiger partial charge in [0.25, 0.3) is 0 Å². The van der Waals surface area contributed by atoms with Gasteiger partial charge in [-0.3, -0.25) is 4.68 Å². The largest absolute Gasteiger partial charge is 0.379 e. The lowest BCUT2D eigenvalue weighted by atomic mass is 10.2. The van der Waals surface area contributed by atoms with Crippen molar-refractivity contribution in [1.29, 1.82) is 0 Å². The summed E-state index contributed by atoms with van der Waals surface area (Å²) in [5.74, 6) is -0.166. The molecule has 1 aliphatic rings. The minimum absolute atomic E-state index is 0.166. The van der Waals surface area contributed by atoms with E-state index in [-0.39, 0.29) is 5.82 Å². The van der Waals surface area contributed by atoms with E-state index in [0.717, 1.165) is 11.4 Å². The standard InChI is InChI=1S/C16H20FN3/c1-12-10-13(6-7-16(12)17)18-11-14-8-9-20(19-14)15-4-2-3-5-15/h6-10,15,18H,2-5,11H2,1H3. The molecule has 20 heavy (non-hydrogen) atoms. The van der Waals surface area contributed by atoms with Crippen LogP contribution in [0.3, 0.4) is 0 Å². The highest BCUT2D eigenvalue weighted by molar-refractivity contribution is 5.46. The third kappa shape index (κ3) is 2.84. The van der Waals surface area contributed by atoms with E-state index in [0.29, 0.717) is 18.2 Å². The highest BCUT2D eigenvalue weighted by atomic mass is 19.1. The van der Waals surface area contributed by atoms with Crippen molar-refractivity contribution in [2.45, 2.75) is 45.2 Å². The second kappa shape index (κ2) is 5.65. The molecule has 1 heterocycles. The second-order valence-electron chi connectivity index (χ2n) is 5.54. The van der Waals surface area contributed by atoms with Gasteiger partial charge in [-0.1, -0.05) is 12.8 Å². The zero-order valence-corrected chi connectivity index (χ0v) is 11.8. The van der Waals surface area contributed by atoms with Crippen LogP contribution in [0.5, 0.6) is 0 Å². The summed E-state index contributed by atoms with van der Waals surface area (Å²) in [4.78, 5) is 0. The van der Waals surface area contributed by atoms with Gasteiger partial charge >= 0.3 is 0 Å². The molecule has 1 aromatic carbocycles. The summed E-state index contributed by atoms with van der Waals surface area (Å²) in [6, 6.07) is 7.72. The second-order valence-corrected chi connectivity index (χ2v) is 5.54. The van der Waals surface area contributed by atoms with Crippen molar-refractivity contribution in [3.63, 3.8) is 0 Å². The first-order valence-electron chi connectivity index (χ1n) is 7.26. The molecule has 0 unspecified atom stereocenters. The number of halogens is 1. The molecule has 4 heteroatoms. The van der Waals surface area contributed by atoms with Crippen molar-refractivity contribution < 1.29 is 4.39 Å². The number of hydrogen-bond donors (Lipinski definition) is 1. The van der Waals surface area contributed by atoms with E-state index in [9.17, 15) is 4.39 Å². The van der Waals surface area contributed by atoms with Crippen LogP contribution in [-0.2, 0) is 6.54 Å².